The standard InChI is InChI=1S/C22H25FN4O2/c1-2-21(28)24-13-5-8-20-26-18-6-3-4-7-19(18)27(20)15-22(29)25-14-16-9-11-17(23)12-10-16/h3-4,6-7,9-12H,2,5,8,13-15H2,1H3,(H,24,28)(H,25,29). The number of hydrogen-bond acceptors (Lipinski definition) is 3. The number of hydrogen-bond donors (Lipinski definition) is 2. The Labute approximate surface area is 169 Å². The zero-order chi connectivity index (χ0) is 20.6. The SMILES string of the molecule is CCC(=O)NCCCc1nc2ccccc2n1CC(=O)NCc1ccc(F)cc1. The number of rotatable bonds is 9. The highest BCUT2D eigenvalue weighted by molar-refractivity contribution is 5.81. The number of amides is 2. The molecule has 29 heavy (non-hydrogen) atoms. The molecule has 0 aliphatic carbocycles. The first-order valence-corrected chi connectivity index (χ1v) is 9.79. The van der Waals surface area contributed by atoms with Crippen molar-refractivity contribution in [1.29, 1.82) is 0 Å². The van der Waals surface area contributed by atoms with Gasteiger partial charge in [-0.1, -0.05) is 31.2 Å². The number of para-hydroxylation sites is 2. The minimum Gasteiger partial charge on any atom is -0.356 e. The Hall–Kier alpha value is -3.22. The quantitative estimate of drug-likeness (QED) is 0.546. The molecule has 0 aliphatic heterocycles. The molecule has 152 valence electrons. The third kappa shape index (κ3) is 5.63. The van der Waals surface area contributed by atoms with Crippen molar-refractivity contribution < 1.29 is 14.0 Å². The number of halogens is 1. The molecule has 7 heteroatoms. The van der Waals surface area contributed by atoms with Crippen molar-refractivity contribution in [3.8, 4) is 0 Å². The van der Waals surface area contributed by atoms with Gasteiger partial charge in [-0.2, -0.15) is 0 Å². The lowest BCUT2D eigenvalue weighted by Gasteiger charge is -2.10. The van der Waals surface area contributed by atoms with Crippen molar-refractivity contribution in [2.24, 2.45) is 0 Å². The Morgan fingerprint density at radius 3 is 2.55 bits per heavy atom. The average Bonchev–Trinajstić information content (AvgIpc) is 3.08. The van der Waals surface area contributed by atoms with E-state index in [2.05, 4.69) is 15.6 Å². The van der Waals surface area contributed by atoms with Crippen LogP contribution in [0.4, 0.5) is 4.39 Å². The van der Waals surface area contributed by atoms with Crippen LogP contribution in [0.2, 0.25) is 0 Å². The van der Waals surface area contributed by atoms with Crippen molar-refractivity contribution in [3.05, 3.63) is 65.7 Å². The van der Waals surface area contributed by atoms with Gasteiger partial charge in [0.05, 0.1) is 11.0 Å². The lowest BCUT2D eigenvalue weighted by atomic mass is 10.2. The molecular formula is C22H25FN4O2. The van der Waals surface area contributed by atoms with E-state index in [-0.39, 0.29) is 24.2 Å². The first-order chi connectivity index (χ1) is 14.1. The number of imidazole rings is 1. The van der Waals surface area contributed by atoms with Gasteiger partial charge in [-0.3, -0.25) is 9.59 Å². The molecule has 0 atom stereocenters. The van der Waals surface area contributed by atoms with Gasteiger partial charge in [0.1, 0.15) is 18.2 Å². The fourth-order valence-electron chi connectivity index (χ4n) is 3.09. The molecule has 3 aromatic rings. The van der Waals surface area contributed by atoms with Gasteiger partial charge >= 0.3 is 0 Å². The maximum Gasteiger partial charge on any atom is 0.240 e. The molecule has 0 saturated heterocycles. The van der Waals surface area contributed by atoms with Crippen LogP contribution in [0.15, 0.2) is 48.5 Å². The summed E-state index contributed by atoms with van der Waals surface area (Å²) in [7, 11) is 0. The van der Waals surface area contributed by atoms with Crippen LogP contribution in [0, 0.1) is 5.82 Å². The zero-order valence-corrected chi connectivity index (χ0v) is 16.5. The lowest BCUT2D eigenvalue weighted by Crippen LogP contribution is -2.28. The van der Waals surface area contributed by atoms with Gasteiger partial charge < -0.3 is 15.2 Å². The number of aryl methyl sites for hydroxylation is 1. The van der Waals surface area contributed by atoms with E-state index in [0.29, 0.717) is 25.9 Å². The molecule has 0 radical (unpaired) electrons. The van der Waals surface area contributed by atoms with Crippen LogP contribution < -0.4 is 10.6 Å². The molecule has 0 aliphatic rings. The second-order valence-corrected chi connectivity index (χ2v) is 6.81. The summed E-state index contributed by atoms with van der Waals surface area (Å²) in [4.78, 5) is 28.6. The van der Waals surface area contributed by atoms with Crippen LogP contribution >= 0.6 is 0 Å². The number of aromatic nitrogens is 2. The number of carbonyl (C=O) groups is 2. The lowest BCUT2D eigenvalue weighted by molar-refractivity contribution is -0.122. The minimum atomic E-state index is -0.301. The molecule has 3 rings (SSSR count). The fraction of sp³-hybridized carbons (Fsp3) is 0.318. The van der Waals surface area contributed by atoms with Crippen LogP contribution in [0.5, 0.6) is 0 Å². The van der Waals surface area contributed by atoms with Gasteiger partial charge in [-0.15, -0.1) is 0 Å². The summed E-state index contributed by atoms with van der Waals surface area (Å²) < 4.78 is 14.9. The van der Waals surface area contributed by atoms with Gasteiger partial charge in [0.15, 0.2) is 0 Å². The monoisotopic (exact) mass is 396 g/mol. The molecule has 0 fully saturated rings. The second-order valence-electron chi connectivity index (χ2n) is 6.81. The van der Waals surface area contributed by atoms with Crippen molar-refractivity contribution in [3.63, 3.8) is 0 Å². The number of benzene rings is 2. The summed E-state index contributed by atoms with van der Waals surface area (Å²) in [5, 5.41) is 5.73. The second kappa shape index (κ2) is 9.82. The largest absolute Gasteiger partial charge is 0.356 e. The molecule has 0 bridgehead atoms. The van der Waals surface area contributed by atoms with Crippen LogP contribution in [-0.2, 0) is 29.1 Å². The van der Waals surface area contributed by atoms with E-state index in [1.54, 1.807) is 12.1 Å². The van der Waals surface area contributed by atoms with Gasteiger partial charge in [-0.05, 0) is 36.2 Å². The molecular weight excluding hydrogens is 371 g/mol. The molecule has 6 nitrogen and oxygen atoms in total. The Morgan fingerprint density at radius 2 is 1.79 bits per heavy atom. The third-order valence-electron chi connectivity index (χ3n) is 4.66. The molecule has 0 spiro atoms. The van der Waals surface area contributed by atoms with E-state index in [1.807, 2.05) is 35.8 Å². The van der Waals surface area contributed by atoms with Crippen molar-refractivity contribution in [2.45, 2.75) is 39.3 Å². The molecule has 1 aromatic heterocycles. The molecule has 0 saturated carbocycles. The van der Waals surface area contributed by atoms with Crippen molar-refractivity contribution in [1.82, 2.24) is 20.2 Å². The van der Waals surface area contributed by atoms with E-state index in [9.17, 15) is 14.0 Å². The van der Waals surface area contributed by atoms with Gasteiger partial charge in [0.25, 0.3) is 0 Å². The minimum absolute atomic E-state index is 0.0265. The Bertz CT molecular complexity index is 982. The van der Waals surface area contributed by atoms with Crippen molar-refractivity contribution >= 4 is 22.8 Å². The summed E-state index contributed by atoms with van der Waals surface area (Å²) in [6.07, 6.45) is 1.86. The number of nitrogens with zero attached hydrogens (tertiary/aromatic N) is 2. The summed E-state index contributed by atoms with van der Waals surface area (Å²) in [6, 6.07) is 13.8. The first-order valence-electron chi connectivity index (χ1n) is 9.79. The van der Waals surface area contributed by atoms with Crippen LogP contribution in [-0.4, -0.2) is 27.9 Å². The fourth-order valence-corrected chi connectivity index (χ4v) is 3.09. The Morgan fingerprint density at radius 1 is 1.03 bits per heavy atom. The average molecular weight is 396 g/mol. The molecule has 2 N–H and O–H groups in total. The van der Waals surface area contributed by atoms with Gasteiger partial charge in [-0.25, -0.2) is 9.37 Å². The summed E-state index contributed by atoms with van der Waals surface area (Å²) in [5.74, 6) is 0.398. The predicted octanol–water partition coefficient (Wildman–Crippen LogP) is 2.95. The van der Waals surface area contributed by atoms with Crippen LogP contribution in [0.1, 0.15) is 31.2 Å². The van der Waals surface area contributed by atoms with Crippen LogP contribution in [0.3, 0.4) is 0 Å². The van der Waals surface area contributed by atoms with Crippen molar-refractivity contribution in [2.75, 3.05) is 6.54 Å². The summed E-state index contributed by atoms with van der Waals surface area (Å²) >= 11 is 0. The van der Waals surface area contributed by atoms with E-state index >= 15 is 0 Å². The molecule has 0 unspecified atom stereocenters. The van der Waals surface area contributed by atoms with E-state index in [1.165, 1.54) is 12.1 Å². The van der Waals surface area contributed by atoms with Gasteiger partial charge in [0, 0.05) is 25.9 Å². The Balaban J connectivity index is 1.65. The first kappa shape index (κ1) is 20.5. The van der Waals surface area contributed by atoms with Gasteiger partial charge in [0.2, 0.25) is 11.8 Å². The summed E-state index contributed by atoms with van der Waals surface area (Å²) in [5.41, 5.74) is 2.57. The van der Waals surface area contributed by atoms with Crippen LogP contribution in [0.25, 0.3) is 11.0 Å². The topological polar surface area (TPSA) is 76.0 Å². The predicted molar refractivity (Wildman–Crippen MR) is 110 cm³/mol. The van der Waals surface area contributed by atoms with E-state index in [0.717, 1.165) is 28.8 Å². The smallest absolute Gasteiger partial charge is 0.240 e. The molecule has 2 amide bonds. The maximum absolute atomic E-state index is 13.0. The highest BCUT2D eigenvalue weighted by atomic mass is 19.1. The highest BCUT2D eigenvalue weighted by Crippen LogP contribution is 2.17. The maximum atomic E-state index is 13.0. The Kier molecular flexibility index (Phi) is 6.94. The van der Waals surface area contributed by atoms with E-state index < -0.39 is 0 Å². The highest BCUT2D eigenvalue weighted by Gasteiger charge is 2.13. The third-order valence-corrected chi connectivity index (χ3v) is 4.66. The number of nitrogens with one attached hydrogen (secondary N) is 2. The number of fused-ring (bicyclic) bond motifs is 1. The molecule has 1 heterocycles. The number of carbonyl (C=O) groups excluding carboxylic acids is 2. The summed E-state index contributed by atoms with van der Waals surface area (Å²) in [6.45, 7) is 2.88. The van der Waals surface area contributed by atoms with E-state index in [4.69, 9.17) is 0 Å². The zero-order valence-electron chi connectivity index (χ0n) is 16.5. The molecule has 2 aromatic carbocycles. The normalized spacial score (nSPS) is 10.8.